The largest absolute Gasteiger partial charge is 0.480 e. The lowest BCUT2D eigenvalue weighted by Gasteiger charge is -2.10. The highest BCUT2D eigenvalue weighted by molar-refractivity contribution is 6.04. The number of carboxylic acid groups (broad SMARTS) is 1. The van der Waals surface area contributed by atoms with Gasteiger partial charge in [0.05, 0.1) is 6.20 Å². The van der Waals surface area contributed by atoms with Gasteiger partial charge in [-0.3, -0.25) is 14.3 Å². The number of hydrogen-bond acceptors (Lipinski definition) is 4. The fourth-order valence-corrected chi connectivity index (χ4v) is 1.63. The summed E-state index contributed by atoms with van der Waals surface area (Å²) < 4.78 is 1.66. The Hall–Kier alpha value is -1.92. The topological polar surface area (TPSA) is 97.1 Å². The van der Waals surface area contributed by atoms with Gasteiger partial charge in [-0.2, -0.15) is 0 Å². The molecule has 1 aromatic heterocycles. The van der Waals surface area contributed by atoms with Crippen LogP contribution in [0.25, 0.3) is 0 Å². The van der Waals surface area contributed by atoms with E-state index < -0.39 is 11.4 Å². The number of aryl methyl sites for hydroxylation is 1. The lowest BCUT2D eigenvalue weighted by Crippen LogP contribution is -2.37. The Balaban J connectivity index is 1.69. The van der Waals surface area contributed by atoms with E-state index in [1.807, 2.05) is 0 Å². The second-order valence-electron chi connectivity index (χ2n) is 4.16. The first kappa shape index (κ1) is 11.6. The monoisotopic (exact) mass is 238 g/mol. The zero-order chi connectivity index (χ0) is 12.3. The molecule has 1 amide bonds. The van der Waals surface area contributed by atoms with Crippen molar-refractivity contribution in [3.05, 3.63) is 12.4 Å². The van der Waals surface area contributed by atoms with Crippen LogP contribution in [-0.4, -0.2) is 38.5 Å². The number of nitrogens with zero attached hydrogens (tertiary/aromatic N) is 3. The van der Waals surface area contributed by atoms with Crippen molar-refractivity contribution in [1.82, 2.24) is 20.3 Å². The van der Waals surface area contributed by atoms with Gasteiger partial charge >= 0.3 is 5.97 Å². The van der Waals surface area contributed by atoms with Crippen LogP contribution in [0.2, 0.25) is 0 Å². The zero-order valence-electron chi connectivity index (χ0n) is 9.30. The van der Waals surface area contributed by atoms with Crippen LogP contribution in [0.4, 0.5) is 0 Å². The SMILES string of the molecule is O=C(O)C1(C(=O)NCCCn2ccnn2)CC1. The summed E-state index contributed by atoms with van der Waals surface area (Å²) in [6.07, 6.45) is 4.91. The molecule has 1 aromatic rings. The Morgan fingerprint density at radius 1 is 1.47 bits per heavy atom. The van der Waals surface area contributed by atoms with Gasteiger partial charge in [-0.15, -0.1) is 5.10 Å². The third-order valence-corrected chi connectivity index (χ3v) is 2.92. The molecule has 0 radical (unpaired) electrons. The molecule has 17 heavy (non-hydrogen) atoms. The maximum absolute atomic E-state index is 11.6. The van der Waals surface area contributed by atoms with Gasteiger partial charge in [-0.05, 0) is 19.3 Å². The molecule has 1 fully saturated rings. The van der Waals surface area contributed by atoms with Crippen LogP contribution in [-0.2, 0) is 16.1 Å². The van der Waals surface area contributed by atoms with E-state index >= 15 is 0 Å². The van der Waals surface area contributed by atoms with Crippen molar-refractivity contribution < 1.29 is 14.7 Å². The first-order chi connectivity index (χ1) is 8.15. The number of carbonyl (C=O) groups excluding carboxylic acids is 1. The molecule has 92 valence electrons. The first-order valence-corrected chi connectivity index (χ1v) is 5.51. The molecule has 1 saturated carbocycles. The molecule has 1 heterocycles. The van der Waals surface area contributed by atoms with Crippen molar-refractivity contribution in [3.8, 4) is 0 Å². The Morgan fingerprint density at radius 3 is 2.76 bits per heavy atom. The number of aromatic nitrogens is 3. The molecule has 2 rings (SSSR count). The van der Waals surface area contributed by atoms with Crippen molar-refractivity contribution in [2.24, 2.45) is 5.41 Å². The zero-order valence-corrected chi connectivity index (χ0v) is 9.30. The van der Waals surface area contributed by atoms with Crippen molar-refractivity contribution >= 4 is 11.9 Å². The molecule has 0 spiro atoms. The molecular weight excluding hydrogens is 224 g/mol. The molecule has 0 saturated heterocycles. The minimum absolute atomic E-state index is 0.372. The van der Waals surface area contributed by atoms with Gasteiger partial charge in [0.15, 0.2) is 0 Å². The average molecular weight is 238 g/mol. The number of aliphatic carboxylic acids is 1. The Labute approximate surface area is 97.8 Å². The number of nitrogens with one attached hydrogen (secondary N) is 1. The fraction of sp³-hybridized carbons (Fsp3) is 0.600. The minimum atomic E-state index is -1.15. The van der Waals surface area contributed by atoms with E-state index in [4.69, 9.17) is 5.11 Å². The van der Waals surface area contributed by atoms with E-state index in [1.54, 1.807) is 17.1 Å². The predicted octanol–water partition coefficient (Wildman–Crippen LogP) is -0.351. The first-order valence-electron chi connectivity index (χ1n) is 5.51. The van der Waals surface area contributed by atoms with Gasteiger partial charge < -0.3 is 10.4 Å². The minimum Gasteiger partial charge on any atom is -0.480 e. The van der Waals surface area contributed by atoms with E-state index in [9.17, 15) is 9.59 Å². The Bertz CT molecular complexity index is 411. The maximum atomic E-state index is 11.6. The fourth-order valence-electron chi connectivity index (χ4n) is 1.63. The van der Waals surface area contributed by atoms with Crippen LogP contribution in [0.5, 0.6) is 0 Å². The number of carboxylic acids is 1. The molecule has 0 aromatic carbocycles. The van der Waals surface area contributed by atoms with Gasteiger partial charge in [0.1, 0.15) is 5.41 Å². The quantitative estimate of drug-likeness (QED) is 0.521. The van der Waals surface area contributed by atoms with Crippen LogP contribution in [0, 0.1) is 5.41 Å². The lowest BCUT2D eigenvalue weighted by molar-refractivity contribution is -0.149. The molecular formula is C10H14N4O3. The number of amides is 1. The van der Waals surface area contributed by atoms with Crippen LogP contribution in [0.15, 0.2) is 12.4 Å². The van der Waals surface area contributed by atoms with Crippen molar-refractivity contribution in [2.45, 2.75) is 25.8 Å². The van der Waals surface area contributed by atoms with Crippen LogP contribution in [0.1, 0.15) is 19.3 Å². The molecule has 2 N–H and O–H groups in total. The van der Waals surface area contributed by atoms with E-state index in [0.29, 0.717) is 32.4 Å². The molecule has 7 nitrogen and oxygen atoms in total. The second kappa shape index (κ2) is 4.52. The highest BCUT2D eigenvalue weighted by Crippen LogP contribution is 2.45. The third kappa shape index (κ3) is 2.43. The Morgan fingerprint density at radius 2 is 2.24 bits per heavy atom. The van der Waals surface area contributed by atoms with Crippen LogP contribution in [0.3, 0.4) is 0 Å². The second-order valence-corrected chi connectivity index (χ2v) is 4.16. The molecule has 0 bridgehead atoms. The molecule has 0 unspecified atom stereocenters. The summed E-state index contributed by atoms with van der Waals surface area (Å²) in [6.45, 7) is 1.11. The summed E-state index contributed by atoms with van der Waals surface area (Å²) in [5, 5.41) is 19.0. The van der Waals surface area contributed by atoms with Crippen molar-refractivity contribution in [1.29, 1.82) is 0 Å². The van der Waals surface area contributed by atoms with Crippen molar-refractivity contribution in [3.63, 3.8) is 0 Å². The molecule has 0 aliphatic heterocycles. The summed E-state index contributed by atoms with van der Waals surface area (Å²) >= 11 is 0. The van der Waals surface area contributed by atoms with Crippen LogP contribution < -0.4 is 5.32 Å². The standard InChI is InChI=1S/C10H14N4O3/c15-8(10(2-3-10)9(16)17)11-4-1-6-14-7-5-12-13-14/h5,7H,1-4,6H2,(H,11,15)(H,16,17). The molecule has 0 atom stereocenters. The van der Waals surface area contributed by atoms with Crippen molar-refractivity contribution in [2.75, 3.05) is 6.54 Å². The summed E-state index contributed by atoms with van der Waals surface area (Å²) in [6, 6.07) is 0. The summed E-state index contributed by atoms with van der Waals surface area (Å²) in [7, 11) is 0. The van der Waals surface area contributed by atoms with Gasteiger partial charge in [0.2, 0.25) is 5.91 Å². The maximum Gasteiger partial charge on any atom is 0.319 e. The van der Waals surface area contributed by atoms with E-state index in [-0.39, 0.29) is 5.91 Å². The third-order valence-electron chi connectivity index (χ3n) is 2.92. The number of rotatable bonds is 6. The summed E-state index contributed by atoms with van der Waals surface area (Å²) in [5.74, 6) is -1.39. The van der Waals surface area contributed by atoms with Crippen LogP contribution >= 0.6 is 0 Å². The smallest absolute Gasteiger partial charge is 0.319 e. The number of carbonyl (C=O) groups is 2. The van der Waals surface area contributed by atoms with Gasteiger partial charge in [0, 0.05) is 19.3 Å². The Kier molecular flexibility index (Phi) is 3.08. The van der Waals surface area contributed by atoms with Gasteiger partial charge in [-0.1, -0.05) is 5.21 Å². The average Bonchev–Trinajstić information content (AvgIpc) is 2.97. The van der Waals surface area contributed by atoms with Gasteiger partial charge in [0.25, 0.3) is 0 Å². The summed E-state index contributed by atoms with van der Waals surface area (Å²) in [5.41, 5.74) is -1.15. The molecule has 1 aliphatic carbocycles. The number of hydrogen-bond donors (Lipinski definition) is 2. The highest BCUT2D eigenvalue weighted by Gasteiger charge is 2.56. The highest BCUT2D eigenvalue weighted by atomic mass is 16.4. The predicted molar refractivity (Wildman–Crippen MR) is 57.0 cm³/mol. The van der Waals surface area contributed by atoms with Gasteiger partial charge in [-0.25, -0.2) is 0 Å². The molecule has 1 aliphatic rings. The molecule has 7 heteroatoms. The van der Waals surface area contributed by atoms with E-state index in [1.165, 1.54) is 0 Å². The lowest BCUT2D eigenvalue weighted by atomic mass is 10.1. The van der Waals surface area contributed by atoms with E-state index in [0.717, 1.165) is 0 Å². The van der Waals surface area contributed by atoms with E-state index in [2.05, 4.69) is 15.6 Å². The summed E-state index contributed by atoms with van der Waals surface area (Å²) in [4.78, 5) is 22.5. The normalized spacial score (nSPS) is 16.5.